The van der Waals surface area contributed by atoms with Gasteiger partial charge in [0, 0.05) is 6.04 Å². The van der Waals surface area contributed by atoms with Gasteiger partial charge in [0.25, 0.3) is 0 Å². The van der Waals surface area contributed by atoms with Crippen molar-refractivity contribution in [2.24, 2.45) is 11.7 Å². The Kier molecular flexibility index (Phi) is 4.10. The molecule has 1 amide bonds. The lowest BCUT2D eigenvalue weighted by Gasteiger charge is -2.30. The summed E-state index contributed by atoms with van der Waals surface area (Å²) in [6.45, 7) is 0. The summed E-state index contributed by atoms with van der Waals surface area (Å²) in [5.74, 6) is -0.00803. The highest BCUT2D eigenvalue weighted by atomic mass is 31.0. The van der Waals surface area contributed by atoms with E-state index in [1.54, 1.807) is 0 Å². The Hall–Kier alpha value is -0.180. The molecular weight excluding hydrogens is 187 g/mol. The first-order valence-corrected chi connectivity index (χ1v) is 5.16. The molecule has 1 rings (SSSR count). The number of nitrogens with two attached hydrogens (primary N) is 1. The van der Waals surface area contributed by atoms with Crippen LogP contribution in [0.2, 0.25) is 0 Å². The lowest BCUT2D eigenvalue weighted by Crippen LogP contribution is -2.45. The molecule has 4 N–H and O–H groups in total. The summed E-state index contributed by atoms with van der Waals surface area (Å²) in [4.78, 5) is 10.7. The third kappa shape index (κ3) is 2.90. The molecule has 0 bridgehead atoms. The SMILES string of the molecule is NC(=O)C(O)C(CC1CCC1)NP. The van der Waals surface area contributed by atoms with Gasteiger partial charge in [0.1, 0.15) is 6.10 Å². The first-order valence-electron chi connectivity index (χ1n) is 4.58. The van der Waals surface area contributed by atoms with Crippen molar-refractivity contribution in [3.63, 3.8) is 0 Å². The molecule has 1 saturated carbocycles. The zero-order valence-corrected chi connectivity index (χ0v) is 8.73. The van der Waals surface area contributed by atoms with Crippen molar-refractivity contribution in [1.29, 1.82) is 0 Å². The molecule has 0 aromatic carbocycles. The molecule has 0 aliphatic heterocycles. The van der Waals surface area contributed by atoms with Crippen LogP contribution in [0.3, 0.4) is 0 Å². The van der Waals surface area contributed by atoms with Crippen molar-refractivity contribution in [2.75, 3.05) is 0 Å². The highest BCUT2D eigenvalue weighted by Crippen LogP contribution is 2.31. The second-order valence-corrected chi connectivity index (χ2v) is 3.99. The zero-order valence-electron chi connectivity index (χ0n) is 7.57. The van der Waals surface area contributed by atoms with Gasteiger partial charge in [-0.1, -0.05) is 28.7 Å². The Balaban J connectivity index is 2.36. The molecule has 3 unspecified atom stereocenters. The average molecular weight is 204 g/mol. The van der Waals surface area contributed by atoms with Crippen molar-refractivity contribution < 1.29 is 9.90 Å². The molecule has 0 radical (unpaired) electrons. The summed E-state index contributed by atoms with van der Waals surface area (Å²) in [6, 6.07) is -0.215. The first kappa shape index (κ1) is 10.9. The third-order valence-corrected chi connectivity index (χ3v) is 3.13. The molecule has 0 heterocycles. The van der Waals surface area contributed by atoms with Crippen LogP contribution < -0.4 is 10.8 Å². The minimum atomic E-state index is -1.07. The Bertz CT molecular complexity index is 185. The van der Waals surface area contributed by atoms with E-state index >= 15 is 0 Å². The van der Waals surface area contributed by atoms with E-state index in [0.29, 0.717) is 5.92 Å². The second kappa shape index (κ2) is 4.89. The summed E-state index contributed by atoms with van der Waals surface area (Å²) in [5.41, 5.74) is 5.01. The van der Waals surface area contributed by atoms with E-state index in [0.717, 1.165) is 6.42 Å². The Morgan fingerprint density at radius 1 is 1.69 bits per heavy atom. The van der Waals surface area contributed by atoms with Crippen LogP contribution in [0.25, 0.3) is 0 Å². The minimum absolute atomic E-state index is 0.215. The van der Waals surface area contributed by atoms with E-state index in [9.17, 15) is 9.90 Å². The fraction of sp³-hybridized carbons (Fsp3) is 0.875. The molecule has 76 valence electrons. The normalized spacial score (nSPS) is 22.0. The highest BCUT2D eigenvalue weighted by molar-refractivity contribution is 7.13. The Morgan fingerprint density at radius 2 is 2.31 bits per heavy atom. The number of hydrogen-bond acceptors (Lipinski definition) is 3. The molecule has 0 aromatic rings. The van der Waals surface area contributed by atoms with E-state index in [1.807, 2.05) is 0 Å². The molecule has 5 heteroatoms. The van der Waals surface area contributed by atoms with Gasteiger partial charge < -0.3 is 10.8 Å². The van der Waals surface area contributed by atoms with Crippen molar-refractivity contribution >= 4 is 15.3 Å². The largest absolute Gasteiger partial charge is 0.382 e. The zero-order chi connectivity index (χ0) is 9.84. The maximum absolute atomic E-state index is 10.7. The summed E-state index contributed by atoms with van der Waals surface area (Å²) < 4.78 is 0. The fourth-order valence-corrected chi connectivity index (χ4v) is 1.89. The van der Waals surface area contributed by atoms with Crippen molar-refractivity contribution in [1.82, 2.24) is 5.09 Å². The van der Waals surface area contributed by atoms with E-state index in [4.69, 9.17) is 5.73 Å². The van der Waals surface area contributed by atoms with E-state index in [2.05, 4.69) is 14.5 Å². The van der Waals surface area contributed by atoms with Crippen molar-refractivity contribution in [3.8, 4) is 0 Å². The molecule has 3 atom stereocenters. The number of carbonyl (C=O) groups is 1. The molecule has 0 aromatic heterocycles. The van der Waals surface area contributed by atoms with Crippen LogP contribution in [-0.2, 0) is 4.79 Å². The molecule has 1 aliphatic rings. The lowest BCUT2D eigenvalue weighted by molar-refractivity contribution is -0.127. The number of primary amides is 1. The van der Waals surface area contributed by atoms with Crippen LogP contribution in [0.5, 0.6) is 0 Å². The van der Waals surface area contributed by atoms with Gasteiger partial charge in [-0.15, -0.1) is 0 Å². The quantitative estimate of drug-likeness (QED) is 0.541. The number of hydrogen-bond donors (Lipinski definition) is 3. The van der Waals surface area contributed by atoms with Crippen molar-refractivity contribution in [2.45, 2.75) is 37.8 Å². The molecule has 1 aliphatic carbocycles. The van der Waals surface area contributed by atoms with Crippen LogP contribution in [-0.4, -0.2) is 23.2 Å². The monoisotopic (exact) mass is 204 g/mol. The third-order valence-electron chi connectivity index (χ3n) is 2.70. The number of carbonyl (C=O) groups excluding carboxylic acids is 1. The van der Waals surface area contributed by atoms with E-state index in [-0.39, 0.29) is 6.04 Å². The van der Waals surface area contributed by atoms with E-state index < -0.39 is 12.0 Å². The molecule has 4 nitrogen and oxygen atoms in total. The standard InChI is InChI=1S/C8H17N2O2P/c9-8(12)7(11)6(10-13)4-5-2-1-3-5/h5-7,10-11H,1-4,13H2,(H2,9,12). The van der Waals surface area contributed by atoms with Gasteiger partial charge in [-0.3, -0.25) is 9.88 Å². The fourth-order valence-electron chi connectivity index (χ4n) is 1.57. The molecule has 1 fully saturated rings. The Morgan fingerprint density at radius 3 is 2.62 bits per heavy atom. The Labute approximate surface area is 80.5 Å². The predicted molar refractivity (Wildman–Crippen MR) is 53.8 cm³/mol. The number of rotatable bonds is 5. The summed E-state index contributed by atoms with van der Waals surface area (Å²) >= 11 is 0. The van der Waals surface area contributed by atoms with Crippen molar-refractivity contribution in [3.05, 3.63) is 0 Å². The van der Waals surface area contributed by atoms with Gasteiger partial charge in [0.2, 0.25) is 5.91 Å². The lowest BCUT2D eigenvalue weighted by atomic mass is 9.80. The number of aliphatic hydroxyl groups excluding tert-OH is 1. The van der Waals surface area contributed by atoms with Crippen LogP contribution >= 0.6 is 9.39 Å². The van der Waals surface area contributed by atoms with Gasteiger partial charge in [0.15, 0.2) is 0 Å². The summed E-state index contributed by atoms with van der Waals surface area (Å²) in [6.07, 6.45) is 3.43. The molecular formula is C8H17N2O2P. The van der Waals surface area contributed by atoms with Crippen LogP contribution in [0.15, 0.2) is 0 Å². The van der Waals surface area contributed by atoms with E-state index in [1.165, 1.54) is 19.3 Å². The number of aliphatic hydroxyl groups is 1. The maximum Gasteiger partial charge on any atom is 0.247 e. The molecule has 0 spiro atoms. The maximum atomic E-state index is 10.7. The number of amides is 1. The van der Waals surface area contributed by atoms with Gasteiger partial charge >= 0.3 is 0 Å². The average Bonchev–Trinajstić information content (AvgIpc) is 2.02. The summed E-state index contributed by atoms with van der Waals surface area (Å²) in [7, 11) is 2.32. The van der Waals surface area contributed by atoms with Crippen LogP contribution in [0.4, 0.5) is 0 Å². The van der Waals surface area contributed by atoms with Gasteiger partial charge in [-0.25, -0.2) is 0 Å². The van der Waals surface area contributed by atoms with Gasteiger partial charge in [0.05, 0.1) is 0 Å². The number of nitrogens with one attached hydrogen (secondary N) is 1. The smallest absolute Gasteiger partial charge is 0.247 e. The second-order valence-electron chi connectivity index (χ2n) is 3.65. The summed E-state index contributed by atoms with van der Waals surface area (Å²) in [5, 5.41) is 12.3. The van der Waals surface area contributed by atoms with Crippen LogP contribution in [0.1, 0.15) is 25.7 Å². The highest BCUT2D eigenvalue weighted by Gasteiger charge is 2.28. The molecule has 13 heavy (non-hydrogen) atoms. The minimum Gasteiger partial charge on any atom is -0.382 e. The predicted octanol–water partition coefficient (Wildman–Crippen LogP) is -0.229. The first-order chi connectivity index (χ1) is 6.15. The van der Waals surface area contributed by atoms with Gasteiger partial charge in [-0.05, 0) is 12.3 Å². The topological polar surface area (TPSA) is 75.4 Å². The van der Waals surface area contributed by atoms with Crippen LogP contribution in [0, 0.1) is 5.92 Å². The van der Waals surface area contributed by atoms with Gasteiger partial charge in [-0.2, -0.15) is 0 Å². The molecule has 0 saturated heterocycles.